The largest absolute Gasteiger partial charge is 0.416 e. The van der Waals surface area contributed by atoms with Gasteiger partial charge in [0.25, 0.3) is 0 Å². The van der Waals surface area contributed by atoms with Crippen LogP contribution in [-0.4, -0.2) is 40.0 Å². The van der Waals surface area contributed by atoms with Crippen LogP contribution in [0.4, 0.5) is 19.0 Å². The first-order valence-corrected chi connectivity index (χ1v) is 5.89. The van der Waals surface area contributed by atoms with Gasteiger partial charge in [0.2, 0.25) is 0 Å². The number of hydrogen-bond donors (Lipinski definition) is 2. The molecule has 1 aliphatic rings. The Bertz CT molecular complexity index is 463. The van der Waals surface area contributed by atoms with Crippen molar-refractivity contribution in [3.63, 3.8) is 0 Å². The molecule has 1 saturated heterocycles. The van der Waals surface area contributed by atoms with Crippen LogP contribution in [0.2, 0.25) is 0 Å². The monoisotopic (exact) mass is 276 g/mol. The fraction of sp³-hybridized carbons (Fsp3) is 0.583. The predicted octanol–water partition coefficient (Wildman–Crippen LogP) is 1.42. The predicted molar refractivity (Wildman–Crippen MR) is 62.7 cm³/mol. The Morgan fingerprint density at radius 3 is 2.74 bits per heavy atom. The van der Waals surface area contributed by atoms with Crippen LogP contribution in [0.25, 0.3) is 0 Å². The van der Waals surface area contributed by atoms with Crippen molar-refractivity contribution in [1.29, 1.82) is 0 Å². The summed E-state index contributed by atoms with van der Waals surface area (Å²) in [6.45, 7) is 1.91. The second kappa shape index (κ2) is 4.64. The van der Waals surface area contributed by atoms with E-state index >= 15 is 0 Å². The van der Waals surface area contributed by atoms with Gasteiger partial charge in [-0.25, -0.2) is 4.98 Å². The summed E-state index contributed by atoms with van der Waals surface area (Å²) in [5, 5.41) is 19.6. The standard InChI is InChI=1S/C12H15F3N2O2/c1-11(19)3-5-17(7-9(11)18)10-6-8(2-4-16-10)12(13,14)15/h2,4,6,9,18-19H,3,5,7H2,1H3/t9-,11-/m1/s1. The third kappa shape index (κ3) is 2.98. The zero-order chi connectivity index (χ0) is 14.3. The zero-order valence-corrected chi connectivity index (χ0v) is 10.4. The summed E-state index contributed by atoms with van der Waals surface area (Å²) in [5.74, 6) is 0.157. The Morgan fingerprint density at radius 1 is 1.47 bits per heavy atom. The van der Waals surface area contributed by atoms with Crippen molar-refractivity contribution in [3.05, 3.63) is 23.9 Å². The van der Waals surface area contributed by atoms with E-state index in [2.05, 4.69) is 4.98 Å². The molecule has 2 N–H and O–H groups in total. The lowest BCUT2D eigenvalue weighted by atomic mass is 9.91. The Balaban J connectivity index is 2.20. The van der Waals surface area contributed by atoms with Gasteiger partial charge < -0.3 is 15.1 Å². The van der Waals surface area contributed by atoms with Crippen LogP contribution >= 0.6 is 0 Å². The molecular formula is C12H15F3N2O2. The number of hydrogen-bond acceptors (Lipinski definition) is 4. The average Bonchev–Trinajstić information content (AvgIpc) is 2.32. The highest BCUT2D eigenvalue weighted by atomic mass is 19.4. The van der Waals surface area contributed by atoms with E-state index in [1.54, 1.807) is 0 Å². The van der Waals surface area contributed by atoms with E-state index in [9.17, 15) is 23.4 Å². The average molecular weight is 276 g/mol. The number of pyridine rings is 1. The van der Waals surface area contributed by atoms with E-state index in [1.165, 1.54) is 11.8 Å². The molecule has 0 aliphatic carbocycles. The molecule has 1 aromatic rings. The Labute approximate surface area is 108 Å². The van der Waals surface area contributed by atoms with Crippen molar-refractivity contribution >= 4 is 5.82 Å². The number of halogens is 3. The number of rotatable bonds is 1. The minimum Gasteiger partial charge on any atom is -0.388 e. The van der Waals surface area contributed by atoms with Crippen LogP contribution in [0.5, 0.6) is 0 Å². The number of aliphatic hydroxyl groups is 2. The minimum atomic E-state index is -4.42. The van der Waals surface area contributed by atoms with Crippen LogP contribution < -0.4 is 4.90 Å². The summed E-state index contributed by atoms with van der Waals surface area (Å²) in [5.41, 5.74) is -1.98. The van der Waals surface area contributed by atoms with Crippen molar-refractivity contribution in [3.8, 4) is 0 Å². The van der Waals surface area contributed by atoms with Crippen LogP contribution in [0.3, 0.4) is 0 Å². The van der Waals surface area contributed by atoms with Gasteiger partial charge in [0, 0.05) is 19.3 Å². The van der Waals surface area contributed by atoms with Crippen molar-refractivity contribution in [2.45, 2.75) is 31.2 Å². The lowest BCUT2D eigenvalue weighted by molar-refractivity contribution is -0.137. The summed E-state index contributed by atoms with van der Waals surface area (Å²) in [6, 6.07) is 1.85. The Morgan fingerprint density at radius 2 is 2.16 bits per heavy atom. The molecule has 0 unspecified atom stereocenters. The summed E-state index contributed by atoms with van der Waals surface area (Å²) in [6.07, 6.45) is -4.07. The van der Waals surface area contributed by atoms with Gasteiger partial charge in [-0.1, -0.05) is 0 Å². The van der Waals surface area contributed by atoms with Gasteiger partial charge in [0.15, 0.2) is 0 Å². The number of aliphatic hydroxyl groups excluding tert-OH is 1. The topological polar surface area (TPSA) is 56.6 Å². The molecule has 0 saturated carbocycles. The first-order chi connectivity index (χ1) is 8.70. The Kier molecular flexibility index (Phi) is 3.44. The summed E-state index contributed by atoms with van der Waals surface area (Å²) in [4.78, 5) is 5.43. The van der Waals surface area contributed by atoms with Crippen LogP contribution in [-0.2, 0) is 6.18 Å². The van der Waals surface area contributed by atoms with Crippen molar-refractivity contribution in [2.75, 3.05) is 18.0 Å². The van der Waals surface area contributed by atoms with Gasteiger partial charge in [0.1, 0.15) is 5.82 Å². The van der Waals surface area contributed by atoms with Gasteiger partial charge in [-0.05, 0) is 25.5 Å². The highest BCUT2D eigenvalue weighted by Gasteiger charge is 2.37. The summed E-state index contributed by atoms with van der Waals surface area (Å²) < 4.78 is 37.8. The number of nitrogens with zero attached hydrogens (tertiary/aromatic N) is 2. The van der Waals surface area contributed by atoms with Crippen LogP contribution in [0.1, 0.15) is 18.9 Å². The zero-order valence-electron chi connectivity index (χ0n) is 10.4. The molecule has 1 fully saturated rings. The maximum atomic E-state index is 12.6. The molecule has 2 rings (SSSR count). The van der Waals surface area contributed by atoms with Crippen molar-refractivity contribution < 1.29 is 23.4 Å². The molecule has 1 aliphatic heterocycles. The number of piperidine rings is 1. The van der Waals surface area contributed by atoms with Gasteiger partial charge in [0.05, 0.1) is 17.3 Å². The molecule has 2 heterocycles. The smallest absolute Gasteiger partial charge is 0.388 e. The fourth-order valence-electron chi connectivity index (χ4n) is 2.00. The second-order valence-electron chi connectivity index (χ2n) is 4.97. The van der Waals surface area contributed by atoms with Crippen molar-refractivity contribution in [1.82, 2.24) is 4.98 Å². The molecule has 4 nitrogen and oxygen atoms in total. The molecule has 19 heavy (non-hydrogen) atoms. The van der Waals surface area contributed by atoms with Crippen LogP contribution in [0, 0.1) is 0 Å². The summed E-state index contributed by atoms with van der Waals surface area (Å²) >= 11 is 0. The third-order valence-electron chi connectivity index (χ3n) is 3.40. The summed E-state index contributed by atoms with van der Waals surface area (Å²) in [7, 11) is 0. The molecule has 0 spiro atoms. The van der Waals surface area contributed by atoms with Gasteiger partial charge >= 0.3 is 6.18 Å². The molecule has 7 heteroatoms. The van der Waals surface area contributed by atoms with E-state index in [0.29, 0.717) is 6.54 Å². The fourth-order valence-corrected chi connectivity index (χ4v) is 2.00. The molecule has 2 atom stereocenters. The number of anilines is 1. The lowest BCUT2D eigenvalue weighted by Crippen LogP contribution is -2.54. The lowest BCUT2D eigenvalue weighted by Gasteiger charge is -2.40. The molecule has 0 aromatic carbocycles. The van der Waals surface area contributed by atoms with E-state index in [-0.39, 0.29) is 18.8 Å². The maximum absolute atomic E-state index is 12.6. The van der Waals surface area contributed by atoms with Gasteiger partial charge in [-0.2, -0.15) is 13.2 Å². The highest BCUT2D eigenvalue weighted by molar-refractivity contribution is 5.43. The molecule has 0 radical (unpaired) electrons. The first kappa shape index (κ1) is 14.1. The first-order valence-electron chi connectivity index (χ1n) is 5.89. The van der Waals surface area contributed by atoms with E-state index in [1.807, 2.05) is 0 Å². The molecular weight excluding hydrogens is 261 g/mol. The Hall–Kier alpha value is -1.34. The number of alkyl halides is 3. The third-order valence-corrected chi connectivity index (χ3v) is 3.40. The molecule has 0 bridgehead atoms. The van der Waals surface area contributed by atoms with E-state index in [4.69, 9.17) is 0 Å². The molecule has 1 aromatic heterocycles. The second-order valence-corrected chi connectivity index (χ2v) is 4.97. The van der Waals surface area contributed by atoms with Crippen molar-refractivity contribution in [2.24, 2.45) is 0 Å². The van der Waals surface area contributed by atoms with E-state index in [0.717, 1.165) is 18.3 Å². The minimum absolute atomic E-state index is 0.0569. The highest BCUT2D eigenvalue weighted by Crippen LogP contribution is 2.32. The quantitative estimate of drug-likeness (QED) is 0.814. The van der Waals surface area contributed by atoms with Gasteiger partial charge in [-0.15, -0.1) is 0 Å². The van der Waals surface area contributed by atoms with E-state index < -0.39 is 23.4 Å². The normalized spacial score (nSPS) is 28.5. The van der Waals surface area contributed by atoms with Gasteiger partial charge in [-0.3, -0.25) is 0 Å². The maximum Gasteiger partial charge on any atom is 0.416 e. The number of aromatic nitrogens is 1. The SMILES string of the molecule is C[C@@]1(O)CCN(c2cc(C(F)(F)F)ccn2)C[C@H]1O. The molecule has 106 valence electrons. The molecule has 0 amide bonds. The van der Waals surface area contributed by atoms with Crippen LogP contribution in [0.15, 0.2) is 18.3 Å². The number of β-amino-alcohol motifs (C(OH)–C–C–N with tert-alkyl or cyclic N) is 1.